The summed E-state index contributed by atoms with van der Waals surface area (Å²) in [5, 5.41) is 23.6. The molecule has 4 heteroatoms. The van der Waals surface area contributed by atoms with Crippen LogP contribution in [0.2, 0.25) is 0 Å². The minimum absolute atomic E-state index is 0.193. The van der Waals surface area contributed by atoms with Gasteiger partial charge in [0.25, 0.3) is 0 Å². The summed E-state index contributed by atoms with van der Waals surface area (Å²) >= 11 is 0. The zero-order valence-electron chi connectivity index (χ0n) is 33.2. The fourth-order valence-corrected chi connectivity index (χ4v) is 7.04. The van der Waals surface area contributed by atoms with Crippen molar-refractivity contribution < 1.29 is 19.7 Å². The van der Waals surface area contributed by atoms with Gasteiger partial charge >= 0.3 is 0 Å². The largest absolute Gasteiger partial charge is 0.507 e. The van der Waals surface area contributed by atoms with Crippen molar-refractivity contribution in [3.63, 3.8) is 0 Å². The number of phenolic OH excluding ortho intramolecular Hbond substituents is 2. The van der Waals surface area contributed by atoms with Gasteiger partial charge in [0.1, 0.15) is 34.5 Å². The Hall–Kier alpha value is -3.92. The molecule has 50 heavy (non-hydrogen) atoms. The van der Waals surface area contributed by atoms with Crippen molar-refractivity contribution in [3.8, 4) is 34.5 Å². The van der Waals surface area contributed by atoms with E-state index < -0.39 is 0 Å². The summed E-state index contributed by atoms with van der Waals surface area (Å²) in [6.45, 7) is 30.5. The van der Waals surface area contributed by atoms with Crippen molar-refractivity contribution in [2.75, 3.05) is 0 Å². The molecule has 0 aromatic heterocycles. The minimum Gasteiger partial charge on any atom is -0.507 e. The van der Waals surface area contributed by atoms with E-state index in [1.165, 1.54) is 11.1 Å². The third kappa shape index (κ3) is 7.55. The molecule has 0 aliphatic carbocycles. The monoisotopic (exact) mass is 676 g/mol. The Morgan fingerprint density at radius 1 is 0.440 bits per heavy atom. The van der Waals surface area contributed by atoms with Crippen LogP contribution in [0.5, 0.6) is 34.5 Å². The zero-order chi connectivity index (χ0) is 37.1. The molecule has 4 aromatic carbocycles. The highest BCUT2D eigenvalue weighted by atomic mass is 16.5. The van der Waals surface area contributed by atoms with E-state index in [4.69, 9.17) is 9.47 Å². The van der Waals surface area contributed by atoms with E-state index in [9.17, 15) is 10.2 Å². The van der Waals surface area contributed by atoms with Crippen LogP contribution in [0.3, 0.4) is 0 Å². The van der Waals surface area contributed by atoms with Gasteiger partial charge in [0.15, 0.2) is 0 Å². The quantitative estimate of drug-likeness (QED) is 0.195. The lowest BCUT2D eigenvalue weighted by Crippen LogP contribution is -2.17. The summed E-state index contributed by atoms with van der Waals surface area (Å²) in [5.74, 6) is 3.51. The number of phenols is 2. The Balaban J connectivity index is 1.95. The van der Waals surface area contributed by atoms with Gasteiger partial charge in [-0.3, -0.25) is 0 Å². The lowest BCUT2D eigenvalue weighted by Gasteiger charge is -2.30. The molecule has 0 saturated heterocycles. The maximum atomic E-state index is 11.8. The summed E-state index contributed by atoms with van der Waals surface area (Å²) in [5.41, 5.74) is 8.95. The average molecular weight is 677 g/mol. The lowest BCUT2D eigenvalue weighted by atomic mass is 9.80. The van der Waals surface area contributed by atoms with E-state index in [1.54, 1.807) is 0 Å². The molecule has 0 amide bonds. The normalized spacial score (nSPS) is 13.9. The predicted molar refractivity (Wildman–Crippen MR) is 208 cm³/mol. The molecule has 0 unspecified atom stereocenters. The Morgan fingerprint density at radius 3 is 1.06 bits per heavy atom. The molecular weight excluding hydrogens is 617 g/mol. The van der Waals surface area contributed by atoms with Gasteiger partial charge in [-0.15, -0.1) is 0 Å². The van der Waals surface area contributed by atoms with Crippen LogP contribution in [0.4, 0.5) is 0 Å². The topological polar surface area (TPSA) is 58.9 Å². The standard InChI is InChI=1S/C46H60O4/c1-15-27-17-31-22-32-18-28(16-2)20-38(46(12,13)14)42(32)50-34-24-30(40(48)36(26-34)44(6,7)8)21-29-23-33(25-35(39(29)47)43(3,4)5)49-41(31)37(19-27)45(9,10)11/h17-20,23-26,47-48H,15-16,21-22H2,1-14H3. The number of hydrogen-bond acceptors (Lipinski definition) is 4. The molecular formula is C46H60O4. The maximum Gasteiger partial charge on any atom is 0.134 e. The summed E-state index contributed by atoms with van der Waals surface area (Å²) in [7, 11) is 0. The molecule has 1 aliphatic rings. The highest BCUT2D eigenvalue weighted by Gasteiger charge is 2.30. The first-order chi connectivity index (χ1) is 23.0. The first-order valence-corrected chi connectivity index (χ1v) is 18.4. The summed E-state index contributed by atoms with van der Waals surface area (Å²) in [6, 6.07) is 17.1. The van der Waals surface area contributed by atoms with Gasteiger partial charge in [-0.05, 0) is 81.0 Å². The Labute approximate surface area is 301 Å². The fourth-order valence-electron chi connectivity index (χ4n) is 7.04. The number of aryl methyl sites for hydroxylation is 2. The minimum atomic E-state index is -0.353. The SMILES string of the molecule is CCc1cc2c(c(C(C)(C)C)c1)Oc1cc(c(O)c(C(C)(C)C)c1)Cc1cc(cc(C(C)(C)C)c1O)Oc1c(cc(CC)cc1C(C)(C)C)C2. The van der Waals surface area contributed by atoms with Gasteiger partial charge in [-0.25, -0.2) is 0 Å². The lowest BCUT2D eigenvalue weighted by molar-refractivity contribution is 0.418. The van der Waals surface area contributed by atoms with Gasteiger partial charge in [-0.2, -0.15) is 0 Å². The molecule has 4 nitrogen and oxygen atoms in total. The average Bonchev–Trinajstić information content (AvgIpc) is 2.98. The molecule has 0 fully saturated rings. The van der Waals surface area contributed by atoms with Gasteiger partial charge in [0.05, 0.1) is 0 Å². The fraction of sp³-hybridized carbons (Fsp3) is 0.478. The third-order valence-corrected chi connectivity index (χ3v) is 10.0. The molecule has 4 aromatic rings. The van der Waals surface area contributed by atoms with Gasteiger partial charge in [0.2, 0.25) is 0 Å². The summed E-state index contributed by atoms with van der Waals surface area (Å²) in [6.07, 6.45) is 2.74. The second-order valence-electron chi connectivity index (χ2n) is 18.5. The van der Waals surface area contributed by atoms with Gasteiger partial charge in [0, 0.05) is 46.2 Å². The number of aromatic hydroxyl groups is 2. The number of ether oxygens (including phenoxy) is 2. The highest BCUT2D eigenvalue weighted by Crippen LogP contribution is 2.47. The first-order valence-electron chi connectivity index (χ1n) is 18.4. The van der Waals surface area contributed by atoms with Crippen molar-refractivity contribution in [3.05, 3.63) is 104 Å². The molecule has 5 rings (SSSR count). The molecule has 4 bridgehead atoms. The zero-order valence-corrected chi connectivity index (χ0v) is 33.2. The molecule has 0 radical (unpaired) electrons. The van der Waals surface area contributed by atoms with Crippen LogP contribution in [-0.2, 0) is 47.3 Å². The highest BCUT2D eigenvalue weighted by molar-refractivity contribution is 5.60. The number of hydrogen-bond donors (Lipinski definition) is 2. The van der Waals surface area contributed by atoms with Crippen molar-refractivity contribution in [2.45, 2.75) is 144 Å². The van der Waals surface area contributed by atoms with Crippen LogP contribution >= 0.6 is 0 Å². The Morgan fingerprint density at radius 2 is 0.760 bits per heavy atom. The van der Waals surface area contributed by atoms with E-state index in [1.807, 2.05) is 24.3 Å². The molecule has 0 spiro atoms. The van der Waals surface area contributed by atoms with Crippen molar-refractivity contribution in [1.29, 1.82) is 0 Å². The van der Waals surface area contributed by atoms with Crippen LogP contribution in [0.1, 0.15) is 153 Å². The van der Waals surface area contributed by atoms with Crippen LogP contribution in [0.25, 0.3) is 0 Å². The van der Waals surface area contributed by atoms with Gasteiger partial charge in [-0.1, -0.05) is 121 Å². The van der Waals surface area contributed by atoms with Crippen molar-refractivity contribution in [1.82, 2.24) is 0 Å². The van der Waals surface area contributed by atoms with E-state index in [2.05, 4.69) is 121 Å². The first kappa shape index (κ1) is 37.3. The van der Waals surface area contributed by atoms with E-state index >= 15 is 0 Å². The van der Waals surface area contributed by atoms with Crippen molar-refractivity contribution in [2.24, 2.45) is 0 Å². The molecule has 0 atom stereocenters. The second-order valence-corrected chi connectivity index (χ2v) is 18.5. The smallest absolute Gasteiger partial charge is 0.134 e. The maximum absolute atomic E-state index is 11.8. The Kier molecular flexibility index (Phi) is 9.71. The Bertz CT molecular complexity index is 1780. The van der Waals surface area contributed by atoms with E-state index in [0.29, 0.717) is 35.5 Å². The second kappa shape index (κ2) is 13.0. The van der Waals surface area contributed by atoms with E-state index in [0.717, 1.165) is 57.7 Å². The molecule has 1 aliphatic heterocycles. The van der Waals surface area contributed by atoms with Crippen molar-refractivity contribution >= 4 is 0 Å². The molecule has 2 N–H and O–H groups in total. The number of benzene rings is 4. The molecule has 1 heterocycles. The predicted octanol–water partition coefficient (Wildman–Crippen LogP) is 12.5. The van der Waals surface area contributed by atoms with Crippen LogP contribution < -0.4 is 9.47 Å². The number of rotatable bonds is 2. The summed E-state index contributed by atoms with van der Waals surface area (Å²) in [4.78, 5) is 0. The molecule has 268 valence electrons. The van der Waals surface area contributed by atoms with Crippen LogP contribution in [0, 0.1) is 0 Å². The van der Waals surface area contributed by atoms with E-state index in [-0.39, 0.29) is 33.2 Å². The number of fused-ring (bicyclic) bond motifs is 6. The third-order valence-electron chi connectivity index (χ3n) is 10.0. The van der Waals surface area contributed by atoms with Gasteiger partial charge < -0.3 is 19.7 Å². The summed E-state index contributed by atoms with van der Waals surface area (Å²) < 4.78 is 14.2. The van der Waals surface area contributed by atoms with Crippen LogP contribution in [-0.4, -0.2) is 10.2 Å². The molecule has 0 saturated carbocycles. The van der Waals surface area contributed by atoms with Crippen LogP contribution in [0.15, 0.2) is 48.5 Å².